The molecule has 1 heteroatoms. The normalized spacial score (nSPS) is 10.6. The first kappa shape index (κ1) is 10.0. The summed E-state index contributed by atoms with van der Waals surface area (Å²) in [5, 5.41) is 2.22. The quantitative estimate of drug-likeness (QED) is 0.569. The fourth-order valence-electron chi connectivity index (χ4n) is 1.99. The van der Waals surface area contributed by atoms with E-state index >= 15 is 0 Å². The number of hydrogen-bond acceptors (Lipinski definition) is 0. The van der Waals surface area contributed by atoms with Gasteiger partial charge in [-0.05, 0) is 40.6 Å². The molecule has 0 aliphatic heterocycles. The lowest BCUT2D eigenvalue weighted by Gasteiger charge is -2.05. The highest BCUT2D eigenvalue weighted by atomic mass is 19.1. The van der Waals surface area contributed by atoms with Crippen LogP contribution in [0.15, 0.2) is 60.7 Å². The predicted molar refractivity (Wildman–Crippen MR) is 68.2 cm³/mol. The average Bonchev–Trinajstić information content (AvgIpc) is 2.39. The lowest BCUT2D eigenvalue weighted by Crippen LogP contribution is -1.83. The Balaban J connectivity index is 2.22. The minimum atomic E-state index is -0.188. The molecule has 0 aliphatic rings. The highest BCUT2D eigenvalue weighted by molar-refractivity contribution is 5.87. The molecule has 81 valence electrons. The molecule has 0 spiro atoms. The van der Waals surface area contributed by atoms with Gasteiger partial charge in [0.2, 0.25) is 0 Å². The number of benzene rings is 3. The van der Waals surface area contributed by atoms with Crippen LogP contribution in [0.4, 0.5) is 4.39 Å². The molecule has 3 aromatic rings. The van der Waals surface area contributed by atoms with Gasteiger partial charge in [-0.2, -0.15) is 0 Å². The third-order valence-corrected chi connectivity index (χ3v) is 2.87. The zero-order valence-electron chi connectivity index (χ0n) is 9.15. The molecule has 0 aliphatic carbocycles. The Hall–Kier alpha value is -2.15. The molecule has 0 N–H and O–H groups in total. The van der Waals surface area contributed by atoms with Crippen molar-refractivity contribution in [3.8, 4) is 11.1 Å². The van der Waals surface area contributed by atoms with Crippen molar-refractivity contribution in [3.63, 3.8) is 0 Å². The lowest BCUT2D eigenvalue weighted by molar-refractivity contribution is 0.631. The maximum Gasteiger partial charge on any atom is 0.131 e. The van der Waals surface area contributed by atoms with Gasteiger partial charge in [-0.1, -0.05) is 42.5 Å². The number of rotatable bonds is 1. The van der Waals surface area contributed by atoms with Crippen molar-refractivity contribution in [2.45, 2.75) is 0 Å². The van der Waals surface area contributed by atoms with Crippen LogP contribution in [0.2, 0.25) is 0 Å². The Morgan fingerprint density at radius 2 is 1.76 bits per heavy atom. The maximum atomic E-state index is 13.7. The predicted octanol–water partition coefficient (Wildman–Crippen LogP) is 4.45. The highest BCUT2D eigenvalue weighted by Gasteiger charge is 2.04. The molecule has 0 bridgehead atoms. The van der Waals surface area contributed by atoms with E-state index in [-0.39, 0.29) is 5.82 Å². The monoisotopic (exact) mass is 221 g/mol. The van der Waals surface area contributed by atoms with Gasteiger partial charge in [0, 0.05) is 5.56 Å². The van der Waals surface area contributed by atoms with Crippen LogP contribution in [-0.2, 0) is 0 Å². The van der Waals surface area contributed by atoms with Gasteiger partial charge in [-0.15, -0.1) is 0 Å². The van der Waals surface area contributed by atoms with Gasteiger partial charge in [-0.3, -0.25) is 0 Å². The first-order chi connectivity index (χ1) is 8.34. The second-order valence-corrected chi connectivity index (χ2v) is 3.97. The number of halogens is 1. The molecular formula is C16H10F. The summed E-state index contributed by atoms with van der Waals surface area (Å²) < 4.78 is 13.7. The van der Waals surface area contributed by atoms with Crippen LogP contribution in [0.25, 0.3) is 21.9 Å². The summed E-state index contributed by atoms with van der Waals surface area (Å²) in [4.78, 5) is 0. The molecule has 0 fully saturated rings. The molecule has 0 saturated carbocycles. The summed E-state index contributed by atoms with van der Waals surface area (Å²) in [7, 11) is 0. The largest absolute Gasteiger partial charge is 0.206 e. The van der Waals surface area contributed by atoms with Crippen molar-refractivity contribution < 1.29 is 4.39 Å². The molecule has 3 rings (SSSR count). The molecule has 0 aromatic heterocycles. The Morgan fingerprint density at radius 3 is 2.65 bits per heavy atom. The number of fused-ring (bicyclic) bond motifs is 1. The van der Waals surface area contributed by atoms with Crippen molar-refractivity contribution in [1.29, 1.82) is 0 Å². The first-order valence-electron chi connectivity index (χ1n) is 5.49. The van der Waals surface area contributed by atoms with Gasteiger partial charge in [0.1, 0.15) is 5.82 Å². The van der Waals surface area contributed by atoms with Crippen molar-refractivity contribution in [1.82, 2.24) is 0 Å². The molecule has 1 radical (unpaired) electrons. The summed E-state index contributed by atoms with van der Waals surface area (Å²) >= 11 is 0. The summed E-state index contributed by atoms with van der Waals surface area (Å²) in [5.74, 6) is -0.188. The van der Waals surface area contributed by atoms with E-state index in [1.54, 1.807) is 12.1 Å². The van der Waals surface area contributed by atoms with Crippen LogP contribution in [0.1, 0.15) is 0 Å². The second kappa shape index (κ2) is 4.02. The van der Waals surface area contributed by atoms with E-state index in [1.165, 1.54) is 6.07 Å². The van der Waals surface area contributed by atoms with Crippen molar-refractivity contribution >= 4 is 10.8 Å². The summed E-state index contributed by atoms with van der Waals surface area (Å²) in [6.45, 7) is 0. The Kier molecular flexibility index (Phi) is 2.37. The molecule has 0 amide bonds. The van der Waals surface area contributed by atoms with Crippen LogP contribution in [-0.4, -0.2) is 0 Å². The van der Waals surface area contributed by atoms with Crippen LogP contribution >= 0.6 is 0 Å². The van der Waals surface area contributed by atoms with Crippen molar-refractivity contribution in [2.24, 2.45) is 0 Å². The van der Waals surface area contributed by atoms with Gasteiger partial charge < -0.3 is 0 Å². The van der Waals surface area contributed by atoms with Crippen molar-refractivity contribution in [2.75, 3.05) is 0 Å². The van der Waals surface area contributed by atoms with Crippen molar-refractivity contribution in [3.05, 3.63) is 72.5 Å². The van der Waals surface area contributed by atoms with E-state index in [1.807, 2.05) is 42.5 Å². The second-order valence-electron chi connectivity index (χ2n) is 3.97. The molecule has 0 saturated heterocycles. The average molecular weight is 221 g/mol. The molecule has 0 atom stereocenters. The summed E-state index contributed by atoms with van der Waals surface area (Å²) in [6.07, 6.45) is 0. The SMILES string of the molecule is Fc1ccccc1-c1ccc2cc[c]cc2c1. The van der Waals surface area contributed by atoms with Gasteiger partial charge >= 0.3 is 0 Å². The van der Waals surface area contributed by atoms with E-state index in [4.69, 9.17) is 0 Å². The lowest BCUT2D eigenvalue weighted by atomic mass is 10.0. The van der Waals surface area contributed by atoms with E-state index in [9.17, 15) is 4.39 Å². The Bertz CT molecular complexity index is 671. The Labute approximate surface area is 99.3 Å². The number of hydrogen-bond donors (Lipinski definition) is 0. The minimum absolute atomic E-state index is 0.188. The van der Waals surface area contributed by atoms with Crippen LogP contribution in [0, 0.1) is 11.9 Å². The van der Waals surface area contributed by atoms with E-state index in [2.05, 4.69) is 6.07 Å². The minimum Gasteiger partial charge on any atom is -0.206 e. The molecule has 0 nitrogen and oxygen atoms in total. The van der Waals surface area contributed by atoms with Crippen LogP contribution < -0.4 is 0 Å². The third-order valence-electron chi connectivity index (χ3n) is 2.87. The summed E-state index contributed by atoms with van der Waals surface area (Å²) in [6, 6.07) is 21.6. The van der Waals surface area contributed by atoms with E-state index in [0.717, 1.165) is 16.3 Å². The van der Waals surface area contributed by atoms with Gasteiger partial charge in [0.25, 0.3) is 0 Å². The zero-order valence-corrected chi connectivity index (χ0v) is 9.15. The fraction of sp³-hybridized carbons (Fsp3) is 0. The molecular weight excluding hydrogens is 211 g/mol. The van der Waals surface area contributed by atoms with Gasteiger partial charge in [0.05, 0.1) is 0 Å². The van der Waals surface area contributed by atoms with Gasteiger partial charge in [0.15, 0.2) is 0 Å². The van der Waals surface area contributed by atoms with Gasteiger partial charge in [-0.25, -0.2) is 4.39 Å². The molecule has 3 aromatic carbocycles. The topological polar surface area (TPSA) is 0 Å². The molecule has 17 heavy (non-hydrogen) atoms. The fourth-order valence-corrected chi connectivity index (χ4v) is 1.99. The smallest absolute Gasteiger partial charge is 0.131 e. The standard InChI is InChI=1S/C16H10F/c17-16-8-4-3-7-15(16)14-10-9-12-5-1-2-6-13(12)11-14/h1,3-11H. The molecule has 0 unspecified atom stereocenters. The summed E-state index contributed by atoms with van der Waals surface area (Å²) in [5.41, 5.74) is 1.54. The van der Waals surface area contributed by atoms with E-state index in [0.29, 0.717) is 5.56 Å². The highest BCUT2D eigenvalue weighted by Crippen LogP contribution is 2.26. The van der Waals surface area contributed by atoms with Crippen LogP contribution in [0.5, 0.6) is 0 Å². The molecule has 0 heterocycles. The third kappa shape index (κ3) is 1.80. The Morgan fingerprint density at radius 1 is 0.882 bits per heavy atom. The van der Waals surface area contributed by atoms with E-state index < -0.39 is 0 Å². The zero-order chi connectivity index (χ0) is 11.7. The first-order valence-corrected chi connectivity index (χ1v) is 5.49. The maximum absolute atomic E-state index is 13.7. The van der Waals surface area contributed by atoms with Crippen LogP contribution in [0.3, 0.4) is 0 Å².